The second kappa shape index (κ2) is 3.77. The van der Waals surface area contributed by atoms with Crippen molar-refractivity contribution in [2.24, 2.45) is 5.73 Å². The monoisotopic (exact) mass is 282 g/mol. The average molecular weight is 283 g/mol. The van der Waals surface area contributed by atoms with Crippen LogP contribution in [0.15, 0.2) is 16.6 Å². The maximum atomic E-state index is 11.3. The van der Waals surface area contributed by atoms with Gasteiger partial charge in [-0.1, -0.05) is 15.9 Å². The maximum absolute atomic E-state index is 11.3. The third-order valence-electron chi connectivity index (χ3n) is 3.04. The molecule has 0 spiro atoms. The van der Waals surface area contributed by atoms with Crippen molar-refractivity contribution in [2.75, 3.05) is 5.32 Å². The lowest BCUT2D eigenvalue weighted by Crippen LogP contribution is -2.37. The highest BCUT2D eigenvalue weighted by Gasteiger charge is 2.48. The third-order valence-corrected chi connectivity index (χ3v) is 4.29. The minimum absolute atomic E-state index is 0.259. The van der Waals surface area contributed by atoms with Gasteiger partial charge >= 0.3 is 0 Å². The Balaban J connectivity index is 2.26. The molecule has 3 N–H and O–H groups in total. The largest absolute Gasteiger partial charge is 0.371 e. The molecule has 0 saturated heterocycles. The zero-order valence-corrected chi connectivity index (χ0v) is 11.0. The van der Waals surface area contributed by atoms with E-state index in [1.165, 1.54) is 0 Å². The summed E-state index contributed by atoms with van der Waals surface area (Å²) < 4.78 is 1.11. The number of anilines is 1. The van der Waals surface area contributed by atoms with Crippen LogP contribution >= 0.6 is 15.9 Å². The van der Waals surface area contributed by atoms with E-state index in [4.69, 9.17) is 5.73 Å². The fourth-order valence-corrected chi connectivity index (χ4v) is 2.08. The second-order valence-electron chi connectivity index (χ2n) is 4.50. The molecule has 2 rings (SSSR count). The highest BCUT2D eigenvalue weighted by atomic mass is 79.9. The first-order valence-corrected chi connectivity index (χ1v) is 6.09. The molecule has 0 atom stereocenters. The topological polar surface area (TPSA) is 55.1 Å². The number of benzene rings is 1. The van der Waals surface area contributed by atoms with Crippen LogP contribution < -0.4 is 11.1 Å². The first kappa shape index (κ1) is 11.5. The Hall–Kier alpha value is -1.03. The van der Waals surface area contributed by atoms with Gasteiger partial charge in [0.05, 0.1) is 0 Å². The van der Waals surface area contributed by atoms with Gasteiger partial charge in [-0.25, -0.2) is 0 Å². The van der Waals surface area contributed by atoms with Crippen LogP contribution in [0, 0.1) is 13.8 Å². The highest BCUT2D eigenvalue weighted by molar-refractivity contribution is 9.10. The molecular weight excluding hydrogens is 268 g/mol. The Morgan fingerprint density at radius 3 is 2.25 bits per heavy atom. The van der Waals surface area contributed by atoms with E-state index in [2.05, 4.69) is 21.2 Å². The van der Waals surface area contributed by atoms with Gasteiger partial charge in [0, 0.05) is 10.2 Å². The van der Waals surface area contributed by atoms with Gasteiger partial charge in [0.25, 0.3) is 0 Å². The lowest BCUT2D eigenvalue weighted by Gasteiger charge is -2.16. The van der Waals surface area contributed by atoms with Crippen molar-refractivity contribution < 1.29 is 4.79 Å². The maximum Gasteiger partial charge on any atom is 0.243 e. The summed E-state index contributed by atoms with van der Waals surface area (Å²) in [5.41, 5.74) is 8.16. The number of primary amides is 1. The predicted molar refractivity (Wildman–Crippen MR) is 68.4 cm³/mol. The van der Waals surface area contributed by atoms with Gasteiger partial charge in [-0.15, -0.1) is 0 Å². The van der Waals surface area contributed by atoms with Gasteiger partial charge < -0.3 is 11.1 Å². The average Bonchev–Trinajstić information content (AvgIpc) is 2.95. The minimum atomic E-state index is -0.493. The highest BCUT2D eigenvalue weighted by Crippen LogP contribution is 2.39. The van der Waals surface area contributed by atoms with Crippen molar-refractivity contribution in [1.82, 2.24) is 0 Å². The lowest BCUT2D eigenvalue weighted by atomic mass is 10.1. The zero-order valence-electron chi connectivity index (χ0n) is 9.43. The molecule has 1 aliphatic rings. The fourth-order valence-electron chi connectivity index (χ4n) is 1.85. The van der Waals surface area contributed by atoms with E-state index >= 15 is 0 Å². The van der Waals surface area contributed by atoms with Crippen LogP contribution in [0.5, 0.6) is 0 Å². The molecule has 1 aromatic carbocycles. The first-order chi connectivity index (χ1) is 7.44. The normalized spacial score (nSPS) is 16.9. The Kier molecular flexibility index (Phi) is 2.70. The van der Waals surface area contributed by atoms with Gasteiger partial charge in [-0.2, -0.15) is 0 Å². The number of amides is 1. The minimum Gasteiger partial charge on any atom is -0.371 e. The van der Waals surface area contributed by atoms with Crippen LogP contribution in [-0.2, 0) is 4.79 Å². The second-order valence-corrected chi connectivity index (χ2v) is 5.29. The van der Waals surface area contributed by atoms with Crippen LogP contribution in [0.25, 0.3) is 0 Å². The molecule has 0 unspecified atom stereocenters. The number of nitrogens with two attached hydrogens (primary N) is 1. The molecular formula is C12H15BrN2O. The zero-order chi connectivity index (χ0) is 11.9. The molecule has 0 heterocycles. The van der Waals surface area contributed by atoms with Crippen molar-refractivity contribution in [3.8, 4) is 0 Å². The summed E-state index contributed by atoms with van der Waals surface area (Å²) in [7, 11) is 0. The van der Waals surface area contributed by atoms with Crippen LogP contribution in [0.3, 0.4) is 0 Å². The predicted octanol–water partition coefficient (Wildman–Crippen LogP) is 2.50. The third kappa shape index (κ3) is 1.94. The van der Waals surface area contributed by atoms with E-state index in [-0.39, 0.29) is 5.91 Å². The number of aryl methyl sites for hydroxylation is 2. The molecule has 1 amide bonds. The summed E-state index contributed by atoms with van der Waals surface area (Å²) in [6.07, 6.45) is 1.66. The van der Waals surface area contributed by atoms with Gasteiger partial charge in [0.1, 0.15) is 5.54 Å². The Morgan fingerprint density at radius 2 is 1.88 bits per heavy atom. The van der Waals surface area contributed by atoms with Gasteiger partial charge in [0.2, 0.25) is 5.91 Å². The van der Waals surface area contributed by atoms with Crippen LogP contribution in [0.1, 0.15) is 24.0 Å². The van der Waals surface area contributed by atoms with E-state index in [0.717, 1.165) is 34.1 Å². The number of halogens is 1. The van der Waals surface area contributed by atoms with Crippen LogP contribution in [-0.4, -0.2) is 11.4 Å². The van der Waals surface area contributed by atoms with E-state index in [1.807, 2.05) is 26.0 Å². The van der Waals surface area contributed by atoms with E-state index in [9.17, 15) is 4.79 Å². The first-order valence-electron chi connectivity index (χ1n) is 5.29. The summed E-state index contributed by atoms with van der Waals surface area (Å²) in [6, 6.07) is 4.06. The van der Waals surface area contributed by atoms with E-state index in [1.54, 1.807) is 0 Å². The molecule has 1 fully saturated rings. The number of carbonyl (C=O) groups excluding carboxylic acids is 1. The number of nitrogens with one attached hydrogen (secondary N) is 1. The van der Waals surface area contributed by atoms with Crippen molar-refractivity contribution in [3.05, 3.63) is 27.7 Å². The molecule has 1 aliphatic carbocycles. The molecule has 1 aromatic rings. The molecule has 0 radical (unpaired) electrons. The quantitative estimate of drug-likeness (QED) is 0.895. The van der Waals surface area contributed by atoms with Crippen molar-refractivity contribution in [2.45, 2.75) is 32.2 Å². The summed E-state index contributed by atoms with van der Waals surface area (Å²) in [5.74, 6) is -0.259. The van der Waals surface area contributed by atoms with Crippen molar-refractivity contribution in [3.63, 3.8) is 0 Å². The fraction of sp³-hybridized carbons (Fsp3) is 0.417. The Bertz CT molecular complexity index is 429. The number of hydrogen-bond acceptors (Lipinski definition) is 2. The Labute approximate surface area is 104 Å². The van der Waals surface area contributed by atoms with Gasteiger partial charge in [0.15, 0.2) is 0 Å². The molecule has 3 nitrogen and oxygen atoms in total. The van der Waals surface area contributed by atoms with Gasteiger partial charge in [-0.05, 0) is 49.9 Å². The van der Waals surface area contributed by atoms with Crippen molar-refractivity contribution >= 4 is 27.5 Å². The summed E-state index contributed by atoms with van der Waals surface area (Å²) in [4.78, 5) is 11.3. The summed E-state index contributed by atoms with van der Waals surface area (Å²) >= 11 is 3.52. The van der Waals surface area contributed by atoms with Gasteiger partial charge in [-0.3, -0.25) is 4.79 Å². The lowest BCUT2D eigenvalue weighted by molar-refractivity contribution is -0.119. The standard InChI is InChI=1S/C12H15BrN2O/c1-7-5-9(6-8(2)10(7)13)15-12(3-4-12)11(14)16/h5-6,15H,3-4H2,1-2H3,(H2,14,16). The molecule has 1 saturated carbocycles. The summed E-state index contributed by atoms with van der Waals surface area (Å²) in [6.45, 7) is 4.07. The molecule has 0 bridgehead atoms. The number of rotatable bonds is 3. The smallest absolute Gasteiger partial charge is 0.243 e. The molecule has 0 aromatic heterocycles. The Morgan fingerprint density at radius 1 is 1.38 bits per heavy atom. The van der Waals surface area contributed by atoms with Crippen molar-refractivity contribution in [1.29, 1.82) is 0 Å². The van der Waals surface area contributed by atoms with E-state index < -0.39 is 5.54 Å². The molecule has 16 heavy (non-hydrogen) atoms. The molecule has 4 heteroatoms. The summed E-state index contributed by atoms with van der Waals surface area (Å²) in [5, 5.41) is 3.24. The molecule has 86 valence electrons. The van der Waals surface area contributed by atoms with E-state index in [0.29, 0.717) is 0 Å². The molecule has 0 aliphatic heterocycles. The van der Waals surface area contributed by atoms with Crippen LogP contribution in [0.4, 0.5) is 5.69 Å². The van der Waals surface area contributed by atoms with Crippen LogP contribution in [0.2, 0.25) is 0 Å². The number of hydrogen-bond donors (Lipinski definition) is 2. The SMILES string of the molecule is Cc1cc(NC2(C(N)=O)CC2)cc(C)c1Br. The number of carbonyl (C=O) groups is 1.